The van der Waals surface area contributed by atoms with Crippen LogP contribution in [0.3, 0.4) is 0 Å². The second-order valence-corrected chi connectivity index (χ2v) is 5.77. The highest BCUT2D eigenvalue weighted by Gasteiger charge is 2.43. The molecule has 9 heteroatoms. The van der Waals surface area contributed by atoms with E-state index >= 15 is 0 Å². The van der Waals surface area contributed by atoms with Gasteiger partial charge in [0.2, 0.25) is 5.82 Å². The topological polar surface area (TPSA) is 123 Å². The number of carbonyl (C=O) groups excluding carboxylic acids is 1. The lowest BCUT2D eigenvalue weighted by atomic mass is 9.90. The number of ether oxygens (including phenoxy) is 1. The first kappa shape index (κ1) is 16.7. The van der Waals surface area contributed by atoms with Crippen molar-refractivity contribution < 1.29 is 24.4 Å². The van der Waals surface area contributed by atoms with Crippen LogP contribution in [0.2, 0.25) is 0 Å². The van der Waals surface area contributed by atoms with Crippen molar-refractivity contribution in [2.45, 2.75) is 20.3 Å². The van der Waals surface area contributed by atoms with Gasteiger partial charge in [-0.3, -0.25) is 14.9 Å². The Morgan fingerprint density at radius 1 is 1.52 bits per heavy atom. The number of methoxy groups -OCH3 is 1. The Bertz CT molecular complexity index is 689. The molecule has 0 spiro atoms. The fourth-order valence-corrected chi connectivity index (χ4v) is 2.63. The third-order valence-corrected chi connectivity index (χ3v) is 3.98. The molecule has 1 fully saturated rings. The van der Waals surface area contributed by atoms with Crippen LogP contribution in [0.15, 0.2) is 6.07 Å². The summed E-state index contributed by atoms with van der Waals surface area (Å²) in [5.74, 6) is -1.80. The molecule has 9 nitrogen and oxygen atoms in total. The van der Waals surface area contributed by atoms with Gasteiger partial charge in [-0.15, -0.1) is 0 Å². The van der Waals surface area contributed by atoms with E-state index in [0.29, 0.717) is 18.7 Å². The lowest BCUT2D eigenvalue weighted by Gasteiger charge is -2.21. The van der Waals surface area contributed by atoms with Gasteiger partial charge in [0, 0.05) is 18.8 Å². The van der Waals surface area contributed by atoms with E-state index in [1.807, 2.05) is 0 Å². The number of aromatic nitrogens is 1. The molecule has 1 N–H and O–H groups in total. The summed E-state index contributed by atoms with van der Waals surface area (Å²) in [5.41, 5.74) is -1.25. The lowest BCUT2D eigenvalue weighted by molar-refractivity contribution is -0.384. The predicted molar refractivity (Wildman–Crippen MR) is 79.5 cm³/mol. The fourth-order valence-electron chi connectivity index (χ4n) is 2.63. The standard InChI is InChI=1S/C14H17N3O6/c1-8-6-9(12(18)23-3)10(17(21)22)11(15-8)16-5-4-14(2,7-16)13(19)20/h6H,4-5,7H2,1-3H3,(H,19,20). The van der Waals surface area contributed by atoms with Gasteiger partial charge in [0.25, 0.3) is 0 Å². The smallest absolute Gasteiger partial charge is 0.345 e. The molecule has 124 valence electrons. The zero-order valence-corrected chi connectivity index (χ0v) is 13.0. The quantitative estimate of drug-likeness (QED) is 0.501. The van der Waals surface area contributed by atoms with Crippen molar-refractivity contribution in [2.75, 3.05) is 25.1 Å². The van der Waals surface area contributed by atoms with Crippen molar-refractivity contribution in [2.24, 2.45) is 5.41 Å². The van der Waals surface area contributed by atoms with Crippen LogP contribution in [0.4, 0.5) is 11.5 Å². The highest BCUT2D eigenvalue weighted by molar-refractivity contribution is 5.96. The molecule has 0 radical (unpaired) electrons. The molecule has 1 aromatic heterocycles. The number of hydrogen-bond donors (Lipinski definition) is 1. The predicted octanol–water partition coefficient (Wildman–Crippen LogP) is 1.39. The van der Waals surface area contributed by atoms with Gasteiger partial charge in [-0.2, -0.15) is 0 Å². The summed E-state index contributed by atoms with van der Waals surface area (Å²) in [7, 11) is 1.14. The second-order valence-electron chi connectivity index (χ2n) is 5.77. The van der Waals surface area contributed by atoms with E-state index in [2.05, 4.69) is 9.72 Å². The molecule has 0 amide bonds. The maximum Gasteiger partial charge on any atom is 0.345 e. The summed E-state index contributed by atoms with van der Waals surface area (Å²) in [5, 5.41) is 20.7. The third kappa shape index (κ3) is 2.94. The van der Waals surface area contributed by atoms with Gasteiger partial charge in [0.1, 0.15) is 5.56 Å². The largest absolute Gasteiger partial charge is 0.481 e. The number of aliphatic carboxylic acids is 1. The minimum absolute atomic E-state index is 0.000347. The zero-order chi connectivity index (χ0) is 17.4. The van der Waals surface area contributed by atoms with Gasteiger partial charge in [0.05, 0.1) is 17.4 Å². The van der Waals surface area contributed by atoms with E-state index in [-0.39, 0.29) is 17.9 Å². The summed E-state index contributed by atoms with van der Waals surface area (Å²) in [4.78, 5) is 39.6. The average molecular weight is 323 g/mol. The maximum absolute atomic E-state index is 11.8. The van der Waals surface area contributed by atoms with Crippen LogP contribution in [0, 0.1) is 22.5 Å². The van der Waals surface area contributed by atoms with Crippen molar-refractivity contribution in [3.63, 3.8) is 0 Å². The van der Waals surface area contributed by atoms with Crippen molar-refractivity contribution in [3.8, 4) is 0 Å². The SMILES string of the molecule is COC(=O)c1cc(C)nc(N2CCC(C)(C(=O)O)C2)c1[N+](=O)[O-]. The lowest BCUT2D eigenvalue weighted by Crippen LogP contribution is -2.32. The summed E-state index contributed by atoms with van der Waals surface area (Å²) in [6, 6.07) is 1.29. The van der Waals surface area contributed by atoms with E-state index < -0.39 is 28.0 Å². The molecule has 1 aliphatic rings. The molecule has 0 saturated carbocycles. The first-order valence-corrected chi connectivity index (χ1v) is 6.92. The molecule has 1 saturated heterocycles. The number of aryl methyl sites for hydroxylation is 1. The van der Waals surface area contributed by atoms with Gasteiger partial charge in [-0.1, -0.05) is 0 Å². The molecule has 1 aromatic rings. The Hall–Kier alpha value is -2.71. The number of anilines is 1. The minimum atomic E-state index is -1.01. The minimum Gasteiger partial charge on any atom is -0.481 e. The van der Waals surface area contributed by atoms with E-state index in [1.54, 1.807) is 13.8 Å². The van der Waals surface area contributed by atoms with Crippen LogP contribution < -0.4 is 4.90 Å². The average Bonchev–Trinajstić information content (AvgIpc) is 2.89. The van der Waals surface area contributed by atoms with Crippen LogP contribution in [0.5, 0.6) is 0 Å². The molecular weight excluding hydrogens is 306 g/mol. The van der Waals surface area contributed by atoms with Crippen LogP contribution in [0.1, 0.15) is 29.4 Å². The summed E-state index contributed by atoms with van der Waals surface area (Å²) < 4.78 is 4.60. The van der Waals surface area contributed by atoms with Gasteiger partial charge < -0.3 is 14.7 Å². The van der Waals surface area contributed by atoms with Crippen molar-refractivity contribution in [3.05, 3.63) is 27.4 Å². The Morgan fingerprint density at radius 3 is 2.65 bits per heavy atom. The monoisotopic (exact) mass is 323 g/mol. The van der Waals surface area contributed by atoms with Crippen molar-refractivity contribution >= 4 is 23.4 Å². The Balaban J connectivity index is 2.55. The highest BCUT2D eigenvalue weighted by Crippen LogP contribution is 2.38. The number of nitrogens with zero attached hydrogens (tertiary/aromatic N) is 3. The number of carboxylic acids is 1. The van der Waals surface area contributed by atoms with E-state index in [4.69, 9.17) is 0 Å². The molecule has 1 unspecified atom stereocenters. The first-order valence-electron chi connectivity index (χ1n) is 6.92. The summed E-state index contributed by atoms with van der Waals surface area (Å²) >= 11 is 0. The number of carboxylic acid groups (broad SMARTS) is 1. The molecule has 1 aliphatic heterocycles. The Labute approximate surface area is 132 Å². The number of esters is 1. The van der Waals surface area contributed by atoms with Crippen LogP contribution in [0.25, 0.3) is 0 Å². The normalized spacial score (nSPS) is 20.4. The molecular formula is C14H17N3O6. The Morgan fingerprint density at radius 2 is 2.17 bits per heavy atom. The summed E-state index contributed by atoms with van der Waals surface area (Å²) in [6.07, 6.45) is 0.336. The van der Waals surface area contributed by atoms with E-state index in [1.165, 1.54) is 11.0 Å². The fraction of sp³-hybridized carbons (Fsp3) is 0.500. The number of carbonyl (C=O) groups is 2. The Kier molecular flexibility index (Phi) is 4.22. The molecule has 0 aromatic carbocycles. The van der Waals surface area contributed by atoms with Gasteiger partial charge in [-0.25, -0.2) is 9.78 Å². The van der Waals surface area contributed by atoms with Crippen molar-refractivity contribution in [1.29, 1.82) is 0 Å². The molecule has 2 heterocycles. The van der Waals surface area contributed by atoms with Crippen LogP contribution >= 0.6 is 0 Å². The molecule has 0 aliphatic carbocycles. The van der Waals surface area contributed by atoms with Crippen molar-refractivity contribution in [1.82, 2.24) is 4.98 Å². The highest BCUT2D eigenvalue weighted by atomic mass is 16.6. The molecule has 2 rings (SSSR count). The van der Waals surface area contributed by atoms with E-state index in [0.717, 1.165) is 7.11 Å². The van der Waals surface area contributed by atoms with Gasteiger partial charge in [0.15, 0.2) is 0 Å². The molecule has 1 atom stereocenters. The second kappa shape index (κ2) is 5.82. The zero-order valence-electron chi connectivity index (χ0n) is 13.0. The number of rotatable bonds is 4. The molecule has 0 bridgehead atoms. The number of pyridine rings is 1. The summed E-state index contributed by atoms with van der Waals surface area (Å²) in [6.45, 7) is 3.57. The first-order chi connectivity index (χ1) is 10.7. The van der Waals surface area contributed by atoms with E-state index in [9.17, 15) is 24.8 Å². The number of nitro groups is 1. The van der Waals surface area contributed by atoms with Crippen LogP contribution in [-0.4, -0.2) is 47.2 Å². The van der Waals surface area contributed by atoms with Crippen LogP contribution in [-0.2, 0) is 9.53 Å². The van der Waals surface area contributed by atoms with Gasteiger partial charge >= 0.3 is 17.6 Å². The number of hydrogen-bond acceptors (Lipinski definition) is 7. The maximum atomic E-state index is 11.8. The third-order valence-electron chi connectivity index (χ3n) is 3.98. The van der Waals surface area contributed by atoms with Gasteiger partial charge in [-0.05, 0) is 26.3 Å². The molecule has 23 heavy (non-hydrogen) atoms.